The molecular formula is C16H20N2OS. The molecule has 1 saturated carbocycles. The van der Waals surface area contributed by atoms with Gasteiger partial charge in [-0.1, -0.05) is 12.1 Å². The lowest BCUT2D eigenvalue weighted by Gasteiger charge is -2.36. The van der Waals surface area contributed by atoms with Gasteiger partial charge in [0.2, 0.25) is 0 Å². The molecule has 2 aromatic rings. The molecule has 0 bridgehead atoms. The standard InChI is InChI=1S/C16H20N2OS/c1-11-10-20-16(18-11)9-17-14-6-13(7-14)12-4-3-5-15(8-12)19-2/h3-5,8,10,13-14,17H,6-7,9H2,1-2H3. The second-order valence-corrected chi connectivity index (χ2v) is 6.35. The van der Waals surface area contributed by atoms with Crippen molar-refractivity contribution in [1.29, 1.82) is 0 Å². The van der Waals surface area contributed by atoms with E-state index in [1.165, 1.54) is 23.4 Å². The summed E-state index contributed by atoms with van der Waals surface area (Å²) in [7, 11) is 1.72. The largest absolute Gasteiger partial charge is 0.497 e. The number of aryl methyl sites for hydroxylation is 1. The van der Waals surface area contributed by atoms with E-state index >= 15 is 0 Å². The Morgan fingerprint density at radius 2 is 2.25 bits per heavy atom. The Kier molecular flexibility index (Phi) is 4.03. The third-order valence-electron chi connectivity index (χ3n) is 3.91. The molecule has 0 unspecified atom stereocenters. The third kappa shape index (κ3) is 3.02. The summed E-state index contributed by atoms with van der Waals surface area (Å²) < 4.78 is 5.29. The minimum Gasteiger partial charge on any atom is -0.497 e. The number of aromatic nitrogens is 1. The first-order valence-electron chi connectivity index (χ1n) is 7.03. The summed E-state index contributed by atoms with van der Waals surface area (Å²) in [5, 5.41) is 6.89. The van der Waals surface area contributed by atoms with E-state index in [0.29, 0.717) is 12.0 Å². The molecule has 4 heteroatoms. The Hall–Kier alpha value is -1.39. The first-order chi connectivity index (χ1) is 9.74. The average Bonchev–Trinajstić information content (AvgIpc) is 2.83. The second kappa shape index (κ2) is 5.94. The summed E-state index contributed by atoms with van der Waals surface area (Å²) in [5.74, 6) is 1.62. The van der Waals surface area contributed by atoms with Gasteiger partial charge in [-0.2, -0.15) is 0 Å². The molecule has 0 amide bonds. The molecule has 1 aromatic carbocycles. The molecule has 1 aliphatic carbocycles. The molecule has 3 rings (SSSR count). The van der Waals surface area contributed by atoms with Crippen molar-refractivity contribution in [1.82, 2.24) is 10.3 Å². The van der Waals surface area contributed by atoms with Crippen LogP contribution in [0.15, 0.2) is 29.6 Å². The lowest BCUT2D eigenvalue weighted by molar-refractivity contribution is 0.288. The van der Waals surface area contributed by atoms with Crippen molar-refractivity contribution in [2.45, 2.75) is 38.3 Å². The van der Waals surface area contributed by atoms with Crippen molar-refractivity contribution in [3.8, 4) is 5.75 Å². The van der Waals surface area contributed by atoms with Crippen LogP contribution in [0.3, 0.4) is 0 Å². The average molecular weight is 288 g/mol. The highest BCUT2D eigenvalue weighted by molar-refractivity contribution is 7.09. The van der Waals surface area contributed by atoms with Crippen LogP contribution >= 0.6 is 11.3 Å². The summed E-state index contributed by atoms with van der Waals surface area (Å²) in [6.07, 6.45) is 2.41. The summed E-state index contributed by atoms with van der Waals surface area (Å²) >= 11 is 1.74. The Bertz CT molecular complexity index is 575. The Balaban J connectivity index is 1.48. The first-order valence-corrected chi connectivity index (χ1v) is 7.91. The summed E-state index contributed by atoms with van der Waals surface area (Å²) in [6, 6.07) is 9.06. The van der Waals surface area contributed by atoms with Crippen LogP contribution in [0, 0.1) is 6.92 Å². The zero-order valence-corrected chi connectivity index (χ0v) is 12.7. The highest BCUT2D eigenvalue weighted by Gasteiger charge is 2.30. The van der Waals surface area contributed by atoms with Gasteiger partial charge in [-0.15, -0.1) is 11.3 Å². The fourth-order valence-corrected chi connectivity index (χ4v) is 3.39. The normalized spacial score (nSPS) is 21.5. The van der Waals surface area contributed by atoms with E-state index in [0.717, 1.165) is 18.0 Å². The van der Waals surface area contributed by atoms with Gasteiger partial charge < -0.3 is 10.1 Å². The molecule has 0 spiro atoms. The molecule has 1 aromatic heterocycles. The number of nitrogens with one attached hydrogen (secondary N) is 1. The van der Waals surface area contributed by atoms with E-state index in [2.05, 4.69) is 33.9 Å². The van der Waals surface area contributed by atoms with E-state index in [9.17, 15) is 0 Å². The van der Waals surface area contributed by atoms with Crippen LogP contribution in [-0.2, 0) is 6.54 Å². The van der Waals surface area contributed by atoms with Gasteiger partial charge in [0.1, 0.15) is 10.8 Å². The maximum absolute atomic E-state index is 5.29. The SMILES string of the molecule is COc1cccc(C2CC(NCc3nc(C)cs3)C2)c1. The predicted octanol–water partition coefficient (Wildman–Crippen LogP) is 3.50. The highest BCUT2D eigenvalue weighted by Crippen LogP contribution is 2.38. The number of hydrogen-bond donors (Lipinski definition) is 1. The highest BCUT2D eigenvalue weighted by atomic mass is 32.1. The second-order valence-electron chi connectivity index (χ2n) is 5.41. The predicted molar refractivity (Wildman–Crippen MR) is 82.4 cm³/mol. The zero-order chi connectivity index (χ0) is 13.9. The minimum absolute atomic E-state index is 0.621. The lowest BCUT2D eigenvalue weighted by atomic mass is 9.76. The first kappa shape index (κ1) is 13.6. The van der Waals surface area contributed by atoms with Crippen molar-refractivity contribution in [3.05, 3.63) is 45.9 Å². The van der Waals surface area contributed by atoms with Crippen molar-refractivity contribution in [2.75, 3.05) is 7.11 Å². The molecule has 0 atom stereocenters. The quantitative estimate of drug-likeness (QED) is 0.914. The Labute approximate surface area is 124 Å². The van der Waals surface area contributed by atoms with Crippen molar-refractivity contribution in [2.24, 2.45) is 0 Å². The summed E-state index contributed by atoms with van der Waals surface area (Å²) in [5.41, 5.74) is 2.52. The van der Waals surface area contributed by atoms with Crippen molar-refractivity contribution >= 4 is 11.3 Å². The number of nitrogens with zero attached hydrogens (tertiary/aromatic N) is 1. The Morgan fingerprint density at radius 1 is 1.40 bits per heavy atom. The molecule has 1 fully saturated rings. The van der Waals surface area contributed by atoms with Gasteiger partial charge >= 0.3 is 0 Å². The molecule has 20 heavy (non-hydrogen) atoms. The monoisotopic (exact) mass is 288 g/mol. The Morgan fingerprint density at radius 3 is 2.95 bits per heavy atom. The van der Waals surface area contributed by atoms with Gasteiger partial charge in [0.05, 0.1) is 7.11 Å². The minimum atomic E-state index is 0.621. The van der Waals surface area contributed by atoms with E-state index in [1.54, 1.807) is 18.4 Å². The summed E-state index contributed by atoms with van der Waals surface area (Å²) in [4.78, 5) is 4.48. The van der Waals surface area contributed by atoms with Gasteiger partial charge in [-0.25, -0.2) is 4.98 Å². The maximum Gasteiger partial charge on any atom is 0.119 e. The van der Waals surface area contributed by atoms with E-state index < -0.39 is 0 Å². The van der Waals surface area contributed by atoms with Crippen LogP contribution in [0.5, 0.6) is 5.75 Å². The molecule has 1 N–H and O–H groups in total. The summed E-state index contributed by atoms with van der Waals surface area (Å²) in [6.45, 7) is 2.94. The smallest absolute Gasteiger partial charge is 0.119 e. The van der Waals surface area contributed by atoms with Crippen LogP contribution in [-0.4, -0.2) is 18.1 Å². The molecule has 1 aliphatic rings. The molecule has 0 radical (unpaired) electrons. The van der Waals surface area contributed by atoms with Gasteiger partial charge in [0.15, 0.2) is 0 Å². The van der Waals surface area contributed by atoms with Gasteiger partial charge in [-0.3, -0.25) is 0 Å². The number of thiazole rings is 1. The number of benzene rings is 1. The zero-order valence-electron chi connectivity index (χ0n) is 11.9. The third-order valence-corrected chi connectivity index (χ3v) is 4.88. The van der Waals surface area contributed by atoms with Gasteiger partial charge in [-0.05, 0) is 43.4 Å². The number of methoxy groups -OCH3 is 1. The molecule has 106 valence electrons. The van der Waals surface area contributed by atoms with Crippen LogP contribution in [0.1, 0.15) is 35.0 Å². The van der Waals surface area contributed by atoms with E-state index in [-0.39, 0.29) is 0 Å². The van der Waals surface area contributed by atoms with Gasteiger partial charge in [0.25, 0.3) is 0 Å². The molecular weight excluding hydrogens is 268 g/mol. The maximum atomic E-state index is 5.29. The van der Waals surface area contributed by atoms with Crippen LogP contribution in [0.4, 0.5) is 0 Å². The van der Waals surface area contributed by atoms with E-state index in [4.69, 9.17) is 4.74 Å². The van der Waals surface area contributed by atoms with Crippen LogP contribution in [0.2, 0.25) is 0 Å². The fourth-order valence-electron chi connectivity index (χ4n) is 2.67. The molecule has 0 saturated heterocycles. The van der Waals surface area contributed by atoms with Crippen molar-refractivity contribution in [3.63, 3.8) is 0 Å². The van der Waals surface area contributed by atoms with Crippen molar-refractivity contribution < 1.29 is 4.74 Å². The number of rotatable bonds is 5. The number of ether oxygens (including phenoxy) is 1. The van der Waals surface area contributed by atoms with Crippen LogP contribution < -0.4 is 10.1 Å². The van der Waals surface area contributed by atoms with E-state index in [1.807, 2.05) is 13.0 Å². The molecule has 0 aliphatic heterocycles. The topological polar surface area (TPSA) is 34.1 Å². The molecule has 3 nitrogen and oxygen atoms in total. The lowest BCUT2D eigenvalue weighted by Crippen LogP contribution is -2.39. The van der Waals surface area contributed by atoms with Crippen LogP contribution in [0.25, 0.3) is 0 Å². The number of hydrogen-bond acceptors (Lipinski definition) is 4. The fraction of sp³-hybridized carbons (Fsp3) is 0.438. The molecule has 1 heterocycles. The van der Waals surface area contributed by atoms with Gasteiger partial charge in [0, 0.05) is 23.7 Å².